The summed E-state index contributed by atoms with van der Waals surface area (Å²) in [7, 11) is 1.64. The predicted molar refractivity (Wildman–Crippen MR) is 142 cm³/mol. The van der Waals surface area contributed by atoms with Gasteiger partial charge < -0.3 is 14.4 Å². The molecule has 4 aromatic rings. The molecule has 3 aromatic carbocycles. The Morgan fingerprint density at radius 2 is 1.51 bits per heavy atom. The molecule has 0 saturated heterocycles. The standard InChI is InChI=1S/C30H30F3N3O3/c1-29(2,3)39-28(37)35(4)19-23-20-36(18-21-10-14-24(15-11-21)30(31,32)33)34-27(23)22-12-16-26(17-13-22)38-25-8-6-5-7-9-25/h5-17,20H,18-19H2,1-4H3. The Kier molecular flexibility index (Phi) is 7.99. The number of alkyl halides is 3. The van der Waals surface area contributed by atoms with Gasteiger partial charge in [-0.15, -0.1) is 0 Å². The van der Waals surface area contributed by atoms with Crippen LogP contribution in [0.15, 0.2) is 85.1 Å². The summed E-state index contributed by atoms with van der Waals surface area (Å²) < 4.78 is 51.9. The van der Waals surface area contributed by atoms with Crippen LogP contribution in [0.3, 0.4) is 0 Å². The van der Waals surface area contributed by atoms with Crippen LogP contribution in [-0.4, -0.2) is 33.4 Å². The molecule has 1 heterocycles. The van der Waals surface area contributed by atoms with Gasteiger partial charge in [-0.3, -0.25) is 4.68 Å². The molecule has 0 aliphatic rings. The van der Waals surface area contributed by atoms with E-state index in [0.717, 1.165) is 23.3 Å². The Labute approximate surface area is 225 Å². The summed E-state index contributed by atoms with van der Waals surface area (Å²) in [4.78, 5) is 14.1. The van der Waals surface area contributed by atoms with Crippen LogP contribution < -0.4 is 4.74 Å². The number of carbonyl (C=O) groups excluding carboxylic acids is 1. The van der Waals surface area contributed by atoms with Crippen molar-refractivity contribution in [2.45, 2.75) is 45.6 Å². The Balaban J connectivity index is 1.60. The second kappa shape index (κ2) is 11.2. The maximum atomic E-state index is 13.0. The lowest BCUT2D eigenvalue weighted by Gasteiger charge is -2.24. The molecule has 4 rings (SSSR count). The zero-order chi connectivity index (χ0) is 28.2. The van der Waals surface area contributed by atoms with Crippen molar-refractivity contribution in [3.05, 3.63) is 102 Å². The van der Waals surface area contributed by atoms with Crippen molar-refractivity contribution < 1.29 is 27.4 Å². The maximum absolute atomic E-state index is 13.0. The molecule has 0 bridgehead atoms. The van der Waals surface area contributed by atoms with E-state index in [1.165, 1.54) is 17.0 Å². The minimum absolute atomic E-state index is 0.222. The van der Waals surface area contributed by atoms with Crippen molar-refractivity contribution in [1.82, 2.24) is 14.7 Å². The van der Waals surface area contributed by atoms with Crippen molar-refractivity contribution in [2.75, 3.05) is 7.05 Å². The number of aromatic nitrogens is 2. The van der Waals surface area contributed by atoms with E-state index in [1.54, 1.807) is 38.7 Å². The van der Waals surface area contributed by atoms with Gasteiger partial charge in [0.15, 0.2) is 0 Å². The molecule has 0 radical (unpaired) electrons. The monoisotopic (exact) mass is 537 g/mol. The van der Waals surface area contributed by atoms with Gasteiger partial charge in [-0.1, -0.05) is 30.3 Å². The molecule has 0 aliphatic carbocycles. The number of para-hydroxylation sites is 1. The molecule has 204 valence electrons. The highest BCUT2D eigenvalue weighted by atomic mass is 19.4. The molecule has 0 aliphatic heterocycles. The van der Waals surface area contributed by atoms with Gasteiger partial charge in [-0.2, -0.15) is 18.3 Å². The van der Waals surface area contributed by atoms with Gasteiger partial charge in [0.1, 0.15) is 17.1 Å². The number of benzene rings is 3. The van der Waals surface area contributed by atoms with Crippen LogP contribution in [0.4, 0.5) is 18.0 Å². The Morgan fingerprint density at radius 1 is 0.897 bits per heavy atom. The zero-order valence-corrected chi connectivity index (χ0v) is 22.2. The fourth-order valence-corrected chi connectivity index (χ4v) is 3.85. The van der Waals surface area contributed by atoms with Gasteiger partial charge in [-0.25, -0.2) is 4.79 Å². The smallest absolute Gasteiger partial charge is 0.416 e. The van der Waals surface area contributed by atoms with Gasteiger partial charge in [0.2, 0.25) is 0 Å². The van der Waals surface area contributed by atoms with Crippen LogP contribution in [0.1, 0.15) is 37.5 Å². The molecule has 6 nitrogen and oxygen atoms in total. The van der Waals surface area contributed by atoms with E-state index in [9.17, 15) is 18.0 Å². The van der Waals surface area contributed by atoms with Crippen LogP contribution in [0.2, 0.25) is 0 Å². The summed E-state index contributed by atoms with van der Waals surface area (Å²) in [6, 6.07) is 21.8. The fourth-order valence-electron chi connectivity index (χ4n) is 3.85. The number of hydrogen-bond acceptors (Lipinski definition) is 4. The molecule has 1 amide bonds. The Hall–Kier alpha value is -4.27. The second-order valence-corrected chi connectivity index (χ2v) is 10.2. The quantitative estimate of drug-likeness (QED) is 0.242. The average molecular weight is 538 g/mol. The third-order valence-corrected chi connectivity index (χ3v) is 5.68. The van der Waals surface area contributed by atoms with E-state index >= 15 is 0 Å². The highest BCUT2D eigenvalue weighted by Gasteiger charge is 2.30. The molecular formula is C30H30F3N3O3. The third-order valence-electron chi connectivity index (χ3n) is 5.68. The fraction of sp³-hybridized carbons (Fsp3) is 0.267. The summed E-state index contributed by atoms with van der Waals surface area (Å²) in [5, 5.41) is 4.72. The van der Waals surface area contributed by atoms with Crippen LogP contribution in [0.25, 0.3) is 11.3 Å². The Bertz CT molecular complexity index is 1390. The highest BCUT2D eigenvalue weighted by Crippen LogP contribution is 2.30. The lowest BCUT2D eigenvalue weighted by Crippen LogP contribution is -2.33. The summed E-state index contributed by atoms with van der Waals surface area (Å²) in [6.45, 7) is 5.87. The first-order chi connectivity index (χ1) is 18.4. The van der Waals surface area contributed by atoms with E-state index in [1.807, 2.05) is 54.6 Å². The van der Waals surface area contributed by atoms with E-state index in [4.69, 9.17) is 14.6 Å². The van der Waals surface area contributed by atoms with Gasteiger partial charge in [0.25, 0.3) is 0 Å². The lowest BCUT2D eigenvalue weighted by atomic mass is 10.1. The van der Waals surface area contributed by atoms with Crippen molar-refractivity contribution >= 4 is 6.09 Å². The molecule has 0 N–H and O–H groups in total. The van der Waals surface area contributed by atoms with E-state index in [-0.39, 0.29) is 13.1 Å². The van der Waals surface area contributed by atoms with Crippen molar-refractivity contribution in [2.24, 2.45) is 0 Å². The van der Waals surface area contributed by atoms with Crippen molar-refractivity contribution in [3.63, 3.8) is 0 Å². The minimum Gasteiger partial charge on any atom is -0.457 e. The van der Waals surface area contributed by atoms with Crippen LogP contribution in [-0.2, 0) is 24.0 Å². The topological polar surface area (TPSA) is 56.6 Å². The van der Waals surface area contributed by atoms with Crippen LogP contribution in [0.5, 0.6) is 11.5 Å². The third kappa shape index (κ3) is 7.63. The summed E-state index contributed by atoms with van der Waals surface area (Å²) in [6.07, 6.45) is -3.08. The number of rotatable bonds is 7. The minimum atomic E-state index is -4.40. The number of carbonyl (C=O) groups is 1. The van der Waals surface area contributed by atoms with Crippen LogP contribution >= 0.6 is 0 Å². The van der Waals surface area contributed by atoms with E-state index in [0.29, 0.717) is 22.8 Å². The molecule has 0 saturated carbocycles. The number of amides is 1. The average Bonchev–Trinajstić information content (AvgIpc) is 3.25. The summed E-state index contributed by atoms with van der Waals surface area (Å²) >= 11 is 0. The molecule has 0 fully saturated rings. The first kappa shape index (κ1) is 27.8. The molecule has 9 heteroatoms. The maximum Gasteiger partial charge on any atom is 0.416 e. The first-order valence-electron chi connectivity index (χ1n) is 12.4. The lowest BCUT2D eigenvalue weighted by molar-refractivity contribution is -0.137. The molecule has 1 aromatic heterocycles. The van der Waals surface area contributed by atoms with Crippen molar-refractivity contribution in [3.8, 4) is 22.8 Å². The van der Waals surface area contributed by atoms with Gasteiger partial charge in [-0.05, 0) is 74.9 Å². The normalized spacial score (nSPS) is 11.8. The summed E-state index contributed by atoms with van der Waals surface area (Å²) in [5.41, 5.74) is 1.51. The number of hydrogen-bond donors (Lipinski definition) is 0. The second-order valence-electron chi connectivity index (χ2n) is 10.2. The van der Waals surface area contributed by atoms with Gasteiger partial charge in [0, 0.05) is 24.4 Å². The zero-order valence-electron chi connectivity index (χ0n) is 22.2. The molecule has 0 spiro atoms. The molecular weight excluding hydrogens is 507 g/mol. The first-order valence-corrected chi connectivity index (χ1v) is 12.4. The van der Waals surface area contributed by atoms with E-state index in [2.05, 4.69) is 0 Å². The molecule has 0 unspecified atom stereocenters. The highest BCUT2D eigenvalue weighted by molar-refractivity contribution is 5.69. The van der Waals surface area contributed by atoms with Gasteiger partial charge in [0.05, 0.1) is 24.3 Å². The predicted octanol–water partition coefficient (Wildman–Crippen LogP) is 7.78. The summed E-state index contributed by atoms with van der Waals surface area (Å²) in [5.74, 6) is 1.37. The van der Waals surface area contributed by atoms with E-state index < -0.39 is 23.4 Å². The number of ether oxygens (including phenoxy) is 2. The van der Waals surface area contributed by atoms with Gasteiger partial charge >= 0.3 is 12.3 Å². The van der Waals surface area contributed by atoms with Crippen LogP contribution in [0, 0.1) is 0 Å². The SMILES string of the molecule is CN(Cc1cn(Cc2ccc(C(F)(F)F)cc2)nc1-c1ccc(Oc2ccccc2)cc1)C(=O)OC(C)(C)C. The number of halogens is 3. The largest absolute Gasteiger partial charge is 0.457 e. The van der Waals surface area contributed by atoms with Crippen molar-refractivity contribution in [1.29, 1.82) is 0 Å². The molecule has 39 heavy (non-hydrogen) atoms. The number of nitrogens with zero attached hydrogens (tertiary/aromatic N) is 3. The Morgan fingerprint density at radius 3 is 2.10 bits per heavy atom. The molecule has 0 atom stereocenters.